The first-order valence-corrected chi connectivity index (χ1v) is 13.2. The summed E-state index contributed by atoms with van der Waals surface area (Å²) in [6, 6.07) is 28.1. The SMILES string of the molecule is Cc1nc(-c2ccccc2)nc(N2CCCN(C(=O)Cc3ccccc3)CC2)c1Cc1ccc(Cl)cc1. The van der Waals surface area contributed by atoms with Crippen LogP contribution in [0.4, 0.5) is 5.82 Å². The van der Waals surface area contributed by atoms with Crippen LogP contribution in [0.1, 0.15) is 28.8 Å². The largest absolute Gasteiger partial charge is 0.354 e. The zero-order valence-corrected chi connectivity index (χ0v) is 21.9. The van der Waals surface area contributed by atoms with Crippen molar-refractivity contribution in [3.8, 4) is 11.4 Å². The lowest BCUT2D eigenvalue weighted by atomic mass is 10.0. The second-order valence-electron chi connectivity index (χ2n) is 9.49. The monoisotopic (exact) mass is 510 g/mol. The number of halogens is 1. The zero-order chi connectivity index (χ0) is 25.6. The standard InChI is InChI=1S/C31H31ClN4O/c1-23-28(21-25-13-15-27(32)16-14-25)31(34-30(33-23)26-11-6-3-7-12-26)36-18-8-17-35(19-20-36)29(37)22-24-9-4-2-5-10-24/h2-7,9-16H,8,17-22H2,1H3. The number of carbonyl (C=O) groups excluding carboxylic acids is 1. The first-order valence-electron chi connectivity index (χ1n) is 12.8. The van der Waals surface area contributed by atoms with E-state index in [1.165, 1.54) is 5.56 Å². The summed E-state index contributed by atoms with van der Waals surface area (Å²) in [5.41, 5.74) is 5.31. The third-order valence-corrected chi connectivity index (χ3v) is 7.12. The summed E-state index contributed by atoms with van der Waals surface area (Å²) in [7, 11) is 0. The minimum Gasteiger partial charge on any atom is -0.354 e. The zero-order valence-electron chi connectivity index (χ0n) is 21.1. The number of carbonyl (C=O) groups is 1. The Morgan fingerprint density at radius 3 is 2.24 bits per heavy atom. The maximum atomic E-state index is 13.1. The number of aryl methyl sites for hydroxylation is 1. The van der Waals surface area contributed by atoms with Crippen LogP contribution in [0.15, 0.2) is 84.9 Å². The molecule has 1 fully saturated rings. The molecule has 0 spiro atoms. The van der Waals surface area contributed by atoms with Crippen molar-refractivity contribution in [1.82, 2.24) is 14.9 Å². The van der Waals surface area contributed by atoms with Crippen LogP contribution in [-0.2, 0) is 17.6 Å². The van der Waals surface area contributed by atoms with Gasteiger partial charge in [0.1, 0.15) is 5.82 Å². The molecule has 1 aromatic heterocycles. The van der Waals surface area contributed by atoms with Crippen molar-refractivity contribution in [1.29, 1.82) is 0 Å². The van der Waals surface area contributed by atoms with Crippen LogP contribution >= 0.6 is 11.6 Å². The Morgan fingerprint density at radius 1 is 0.811 bits per heavy atom. The number of nitrogens with zero attached hydrogens (tertiary/aromatic N) is 4. The molecule has 2 heterocycles. The molecule has 4 aromatic rings. The number of benzene rings is 3. The highest BCUT2D eigenvalue weighted by Gasteiger charge is 2.24. The van der Waals surface area contributed by atoms with Crippen molar-refractivity contribution < 1.29 is 4.79 Å². The lowest BCUT2D eigenvalue weighted by molar-refractivity contribution is -0.130. The van der Waals surface area contributed by atoms with E-state index in [9.17, 15) is 4.79 Å². The van der Waals surface area contributed by atoms with E-state index in [2.05, 4.69) is 24.0 Å². The van der Waals surface area contributed by atoms with Gasteiger partial charge >= 0.3 is 0 Å². The normalized spacial score (nSPS) is 13.9. The summed E-state index contributed by atoms with van der Waals surface area (Å²) >= 11 is 6.13. The molecular formula is C31H31ClN4O. The summed E-state index contributed by atoms with van der Waals surface area (Å²) < 4.78 is 0. The summed E-state index contributed by atoms with van der Waals surface area (Å²) in [6.45, 7) is 5.07. The van der Waals surface area contributed by atoms with Gasteiger partial charge in [0.05, 0.1) is 6.42 Å². The molecule has 5 rings (SSSR count). The average Bonchev–Trinajstić information content (AvgIpc) is 3.18. The van der Waals surface area contributed by atoms with Crippen LogP contribution in [0.2, 0.25) is 5.02 Å². The highest BCUT2D eigenvalue weighted by atomic mass is 35.5. The number of amides is 1. The van der Waals surface area contributed by atoms with Gasteiger partial charge in [-0.2, -0.15) is 0 Å². The van der Waals surface area contributed by atoms with E-state index >= 15 is 0 Å². The van der Waals surface area contributed by atoms with Gasteiger partial charge in [-0.25, -0.2) is 9.97 Å². The topological polar surface area (TPSA) is 49.3 Å². The van der Waals surface area contributed by atoms with E-state index < -0.39 is 0 Å². The van der Waals surface area contributed by atoms with Crippen LogP contribution in [0.25, 0.3) is 11.4 Å². The molecule has 1 saturated heterocycles. The third-order valence-electron chi connectivity index (χ3n) is 6.86. The molecule has 0 aliphatic carbocycles. The molecule has 1 amide bonds. The Hall–Kier alpha value is -3.70. The molecule has 188 valence electrons. The van der Waals surface area contributed by atoms with Gasteiger partial charge in [-0.3, -0.25) is 4.79 Å². The minimum absolute atomic E-state index is 0.179. The predicted molar refractivity (Wildman–Crippen MR) is 150 cm³/mol. The second-order valence-corrected chi connectivity index (χ2v) is 9.92. The summed E-state index contributed by atoms with van der Waals surface area (Å²) in [5.74, 6) is 1.87. The smallest absolute Gasteiger partial charge is 0.227 e. The summed E-state index contributed by atoms with van der Waals surface area (Å²) in [4.78, 5) is 27.4. The minimum atomic E-state index is 0.179. The molecule has 0 N–H and O–H groups in total. The van der Waals surface area contributed by atoms with Gasteiger partial charge in [0, 0.05) is 54.4 Å². The molecular weight excluding hydrogens is 480 g/mol. The molecule has 0 unspecified atom stereocenters. The highest BCUT2D eigenvalue weighted by Crippen LogP contribution is 2.28. The molecule has 5 nitrogen and oxygen atoms in total. The van der Waals surface area contributed by atoms with Crippen molar-refractivity contribution >= 4 is 23.3 Å². The van der Waals surface area contributed by atoms with Crippen LogP contribution in [0, 0.1) is 6.92 Å². The first kappa shape index (κ1) is 25.0. The molecule has 0 saturated carbocycles. The van der Waals surface area contributed by atoms with Gasteiger partial charge in [0.15, 0.2) is 5.82 Å². The lowest BCUT2D eigenvalue weighted by Crippen LogP contribution is -2.36. The van der Waals surface area contributed by atoms with Crippen LogP contribution < -0.4 is 4.90 Å². The first-order chi connectivity index (χ1) is 18.1. The Bertz CT molecular complexity index is 1340. The van der Waals surface area contributed by atoms with Gasteiger partial charge in [-0.05, 0) is 36.6 Å². The van der Waals surface area contributed by atoms with Crippen molar-refractivity contribution in [2.45, 2.75) is 26.2 Å². The van der Waals surface area contributed by atoms with Crippen molar-refractivity contribution in [3.63, 3.8) is 0 Å². The lowest BCUT2D eigenvalue weighted by Gasteiger charge is -2.26. The Labute approximate surface area is 223 Å². The fraction of sp³-hybridized carbons (Fsp3) is 0.258. The maximum absolute atomic E-state index is 13.1. The number of anilines is 1. The molecule has 0 bridgehead atoms. The number of aromatic nitrogens is 2. The van der Waals surface area contributed by atoms with E-state index in [-0.39, 0.29) is 5.91 Å². The van der Waals surface area contributed by atoms with Gasteiger partial charge in [0.2, 0.25) is 5.91 Å². The van der Waals surface area contributed by atoms with Gasteiger partial charge in [-0.1, -0.05) is 84.4 Å². The highest BCUT2D eigenvalue weighted by molar-refractivity contribution is 6.30. The number of rotatable bonds is 6. The summed E-state index contributed by atoms with van der Waals surface area (Å²) in [6.07, 6.45) is 2.05. The quantitative estimate of drug-likeness (QED) is 0.320. The molecule has 1 aliphatic rings. The Morgan fingerprint density at radius 2 is 1.51 bits per heavy atom. The predicted octanol–water partition coefficient (Wildman–Crippen LogP) is 5.98. The molecule has 1 aliphatic heterocycles. The van der Waals surface area contributed by atoms with Crippen molar-refractivity contribution in [3.05, 3.63) is 112 Å². The van der Waals surface area contributed by atoms with E-state index in [0.717, 1.165) is 71.5 Å². The van der Waals surface area contributed by atoms with Gasteiger partial charge in [-0.15, -0.1) is 0 Å². The van der Waals surface area contributed by atoms with Crippen LogP contribution in [0.5, 0.6) is 0 Å². The van der Waals surface area contributed by atoms with Crippen LogP contribution in [0.3, 0.4) is 0 Å². The molecule has 6 heteroatoms. The fourth-order valence-corrected chi connectivity index (χ4v) is 4.96. The molecule has 0 radical (unpaired) electrons. The second kappa shape index (κ2) is 11.6. The number of hydrogen-bond acceptors (Lipinski definition) is 4. The fourth-order valence-electron chi connectivity index (χ4n) is 4.83. The molecule has 37 heavy (non-hydrogen) atoms. The maximum Gasteiger partial charge on any atom is 0.227 e. The average molecular weight is 511 g/mol. The van der Waals surface area contributed by atoms with Crippen molar-refractivity contribution in [2.75, 3.05) is 31.1 Å². The number of hydrogen-bond donors (Lipinski definition) is 0. The van der Waals surface area contributed by atoms with Gasteiger partial charge < -0.3 is 9.80 Å². The van der Waals surface area contributed by atoms with Gasteiger partial charge in [0.25, 0.3) is 0 Å². The Balaban J connectivity index is 1.42. The van der Waals surface area contributed by atoms with E-state index in [0.29, 0.717) is 13.0 Å². The summed E-state index contributed by atoms with van der Waals surface area (Å²) in [5, 5.41) is 0.726. The molecule has 3 aromatic carbocycles. The third kappa shape index (κ3) is 6.17. The van der Waals surface area contributed by atoms with E-state index in [1.54, 1.807) is 0 Å². The van der Waals surface area contributed by atoms with E-state index in [1.807, 2.05) is 77.7 Å². The molecule has 0 atom stereocenters. The Kier molecular flexibility index (Phi) is 7.81. The van der Waals surface area contributed by atoms with Crippen molar-refractivity contribution in [2.24, 2.45) is 0 Å². The van der Waals surface area contributed by atoms with E-state index in [4.69, 9.17) is 21.6 Å². The van der Waals surface area contributed by atoms with Crippen LogP contribution in [-0.4, -0.2) is 47.0 Å².